The van der Waals surface area contributed by atoms with Gasteiger partial charge in [-0.1, -0.05) is 26.0 Å². The number of likely N-dealkylation sites (N-methyl/N-ethyl adjacent to an activating group) is 1. The Morgan fingerprint density at radius 1 is 1.11 bits per heavy atom. The molecule has 1 N–H and O–H groups in total. The summed E-state index contributed by atoms with van der Waals surface area (Å²) >= 11 is 0. The first-order valence-corrected chi connectivity index (χ1v) is 6.78. The lowest BCUT2D eigenvalue weighted by molar-refractivity contribution is 0.0638. The maximum atomic E-state index is 10.4. The van der Waals surface area contributed by atoms with Crippen LogP contribution in [0.4, 0.5) is 0 Å². The van der Waals surface area contributed by atoms with Gasteiger partial charge in [-0.15, -0.1) is 0 Å². The highest BCUT2D eigenvalue weighted by atomic mass is 16.5. The van der Waals surface area contributed by atoms with Crippen LogP contribution in [0, 0.1) is 0 Å². The first-order chi connectivity index (χ1) is 8.63. The largest absolute Gasteiger partial charge is 0.494 e. The summed E-state index contributed by atoms with van der Waals surface area (Å²) in [6, 6.07) is 7.83. The van der Waals surface area contributed by atoms with Gasteiger partial charge in [-0.25, -0.2) is 0 Å². The molecule has 18 heavy (non-hydrogen) atoms. The van der Waals surface area contributed by atoms with Gasteiger partial charge < -0.3 is 9.84 Å². The van der Waals surface area contributed by atoms with Gasteiger partial charge in [0.15, 0.2) is 0 Å². The lowest BCUT2D eigenvalue weighted by Gasteiger charge is -2.30. The maximum absolute atomic E-state index is 10.4. The molecule has 0 heterocycles. The molecular weight excluding hydrogens is 226 g/mol. The van der Waals surface area contributed by atoms with Crippen LogP contribution < -0.4 is 4.74 Å². The van der Waals surface area contributed by atoms with Crippen molar-refractivity contribution in [1.29, 1.82) is 0 Å². The highest BCUT2D eigenvalue weighted by Gasteiger charge is 2.20. The van der Waals surface area contributed by atoms with E-state index < -0.39 is 6.10 Å². The molecule has 3 heteroatoms. The van der Waals surface area contributed by atoms with Gasteiger partial charge in [0.1, 0.15) is 5.75 Å². The number of rotatable bonds is 7. The zero-order valence-electron chi connectivity index (χ0n) is 11.9. The van der Waals surface area contributed by atoms with E-state index >= 15 is 0 Å². The maximum Gasteiger partial charge on any atom is 0.119 e. The Morgan fingerprint density at radius 2 is 1.67 bits per heavy atom. The summed E-state index contributed by atoms with van der Waals surface area (Å²) in [5, 5.41) is 10.4. The zero-order valence-corrected chi connectivity index (χ0v) is 11.9. The van der Waals surface area contributed by atoms with Gasteiger partial charge in [-0.05, 0) is 44.6 Å². The number of hydrogen-bond acceptors (Lipinski definition) is 3. The van der Waals surface area contributed by atoms with E-state index in [1.165, 1.54) is 0 Å². The third kappa shape index (κ3) is 3.72. The van der Waals surface area contributed by atoms with Crippen molar-refractivity contribution in [2.24, 2.45) is 0 Å². The molecule has 1 aromatic rings. The molecule has 0 aliphatic rings. The minimum Gasteiger partial charge on any atom is -0.494 e. The number of benzene rings is 1. The van der Waals surface area contributed by atoms with Gasteiger partial charge in [0, 0.05) is 6.04 Å². The second-order valence-corrected chi connectivity index (χ2v) is 4.41. The fourth-order valence-corrected chi connectivity index (χ4v) is 2.21. The summed E-state index contributed by atoms with van der Waals surface area (Å²) < 4.78 is 5.40. The molecule has 0 saturated heterocycles. The van der Waals surface area contributed by atoms with Crippen molar-refractivity contribution >= 4 is 0 Å². The molecule has 2 atom stereocenters. The highest BCUT2D eigenvalue weighted by molar-refractivity contribution is 5.29. The molecule has 0 aliphatic carbocycles. The number of nitrogens with zero attached hydrogens (tertiary/aromatic N) is 1. The fourth-order valence-electron chi connectivity index (χ4n) is 2.21. The van der Waals surface area contributed by atoms with Crippen molar-refractivity contribution in [2.75, 3.05) is 19.7 Å². The monoisotopic (exact) mass is 251 g/mol. The summed E-state index contributed by atoms with van der Waals surface area (Å²) in [5.41, 5.74) is 0.942. The minimum atomic E-state index is -0.458. The van der Waals surface area contributed by atoms with E-state index in [-0.39, 0.29) is 6.04 Å². The lowest BCUT2D eigenvalue weighted by atomic mass is 10.0. The van der Waals surface area contributed by atoms with E-state index in [0.717, 1.165) is 24.4 Å². The molecule has 0 radical (unpaired) electrons. The minimum absolute atomic E-state index is 0.123. The van der Waals surface area contributed by atoms with Gasteiger partial charge in [-0.2, -0.15) is 0 Å². The molecule has 0 aliphatic heterocycles. The summed E-state index contributed by atoms with van der Waals surface area (Å²) in [5.74, 6) is 0.851. The molecule has 0 unspecified atom stereocenters. The van der Waals surface area contributed by atoms with Gasteiger partial charge in [-0.3, -0.25) is 4.90 Å². The standard InChI is InChI=1S/C15H25NO2/c1-5-16(6-2)12(4)15(17)13-8-10-14(11-9-13)18-7-3/h8-12,15,17H,5-7H2,1-4H3/t12-,15-/m0/s1. The number of hydrogen-bond donors (Lipinski definition) is 1. The second-order valence-electron chi connectivity index (χ2n) is 4.41. The summed E-state index contributed by atoms with van der Waals surface area (Å²) in [4.78, 5) is 2.25. The molecule has 0 spiro atoms. The summed E-state index contributed by atoms with van der Waals surface area (Å²) in [6.07, 6.45) is -0.458. The van der Waals surface area contributed by atoms with Crippen molar-refractivity contribution in [3.8, 4) is 5.75 Å². The molecule has 0 amide bonds. The van der Waals surface area contributed by atoms with E-state index in [1.54, 1.807) is 0 Å². The Hall–Kier alpha value is -1.06. The van der Waals surface area contributed by atoms with Crippen LogP contribution >= 0.6 is 0 Å². The molecular formula is C15H25NO2. The Bertz CT molecular complexity index is 333. The van der Waals surface area contributed by atoms with Crippen LogP contribution in [0.2, 0.25) is 0 Å². The Morgan fingerprint density at radius 3 is 2.11 bits per heavy atom. The Balaban J connectivity index is 2.73. The molecule has 0 bridgehead atoms. The SMILES string of the molecule is CCOc1ccc([C@@H](O)[C@H](C)N(CC)CC)cc1. The first-order valence-electron chi connectivity index (χ1n) is 6.78. The van der Waals surface area contributed by atoms with Crippen LogP contribution in [0.15, 0.2) is 24.3 Å². The first kappa shape index (κ1) is 15.0. The number of aliphatic hydroxyl groups is 1. The number of aliphatic hydroxyl groups excluding tert-OH is 1. The predicted molar refractivity (Wildman–Crippen MR) is 75.0 cm³/mol. The molecule has 0 fully saturated rings. The van der Waals surface area contributed by atoms with Gasteiger partial charge in [0.2, 0.25) is 0 Å². The van der Waals surface area contributed by atoms with Crippen LogP contribution in [0.3, 0.4) is 0 Å². The molecule has 0 aromatic heterocycles. The molecule has 102 valence electrons. The Kier molecular flexibility index (Phi) is 6.16. The van der Waals surface area contributed by atoms with Crippen LogP contribution in [0.5, 0.6) is 5.75 Å². The van der Waals surface area contributed by atoms with Crippen molar-refractivity contribution in [2.45, 2.75) is 39.8 Å². The van der Waals surface area contributed by atoms with Crippen LogP contribution in [0.25, 0.3) is 0 Å². The molecule has 3 nitrogen and oxygen atoms in total. The molecule has 0 saturated carbocycles. The average molecular weight is 251 g/mol. The van der Waals surface area contributed by atoms with E-state index in [2.05, 4.69) is 25.7 Å². The zero-order chi connectivity index (χ0) is 13.5. The van der Waals surface area contributed by atoms with Gasteiger partial charge >= 0.3 is 0 Å². The average Bonchev–Trinajstić information content (AvgIpc) is 2.40. The second kappa shape index (κ2) is 7.39. The smallest absolute Gasteiger partial charge is 0.119 e. The van der Waals surface area contributed by atoms with Crippen LogP contribution in [-0.2, 0) is 0 Å². The molecule has 1 aromatic carbocycles. The van der Waals surface area contributed by atoms with Gasteiger partial charge in [0.05, 0.1) is 12.7 Å². The van der Waals surface area contributed by atoms with E-state index in [9.17, 15) is 5.11 Å². The van der Waals surface area contributed by atoms with Crippen LogP contribution in [0.1, 0.15) is 39.4 Å². The lowest BCUT2D eigenvalue weighted by Crippen LogP contribution is -2.37. The normalized spacial score (nSPS) is 14.6. The number of ether oxygens (including phenoxy) is 1. The van der Waals surface area contributed by atoms with Crippen molar-refractivity contribution in [1.82, 2.24) is 4.90 Å². The van der Waals surface area contributed by atoms with Crippen molar-refractivity contribution in [3.63, 3.8) is 0 Å². The third-order valence-corrected chi connectivity index (χ3v) is 3.38. The topological polar surface area (TPSA) is 32.7 Å². The third-order valence-electron chi connectivity index (χ3n) is 3.38. The van der Waals surface area contributed by atoms with E-state index in [0.29, 0.717) is 6.61 Å². The quantitative estimate of drug-likeness (QED) is 0.809. The summed E-state index contributed by atoms with van der Waals surface area (Å²) in [6.45, 7) is 10.8. The Labute approximate surface area is 110 Å². The van der Waals surface area contributed by atoms with E-state index in [4.69, 9.17) is 4.74 Å². The fraction of sp³-hybridized carbons (Fsp3) is 0.600. The van der Waals surface area contributed by atoms with Crippen LogP contribution in [-0.4, -0.2) is 35.7 Å². The van der Waals surface area contributed by atoms with Crippen molar-refractivity contribution < 1.29 is 9.84 Å². The molecule has 1 rings (SSSR count). The van der Waals surface area contributed by atoms with E-state index in [1.807, 2.05) is 31.2 Å². The van der Waals surface area contributed by atoms with Gasteiger partial charge in [0.25, 0.3) is 0 Å². The highest BCUT2D eigenvalue weighted by Crippen LogP contribution is 2.23. The summed E-state index contributed by atoms with van der Waals surface area (Å²) in [7, 11) is 0. The predicted octanol–water partition coefficient (Wildman–Crippen LogP) is 2.85. The van der Waals surface area contributed by atoms with Crippen molar-refractivity contribution in [3.05, 3.63) is 29.8 Å².